The number of rotatable bonds is 2. The zero-order valence-corrected chi connectivity index (χ0v) is 15.2. The predicted octanol–water partition coefficient (Wildman–Crippen LogP) is 0.876. The predicted molar refractivity (Wildman–Crippen MR) is 105 cm³/mol. The lowest BCUT2D eigenvalue weighted by Gasteiger charge is -2.27. The third-order valence-electron chi connectivity index (χ3n) is 4.08. The molecule has 10 nitrogen and oxygen atoms in total. The molecule has 2 aromatic rings. The number of nitrogens with zero attached hydrogens (tertiary/aromatic N) is 2. The van der Waals surface area contributed by atoms with Gasteiger partial charge in [-0.15, -0.1) is 10.2 Å². The average molecular weight is 396 g/mol. The Kier molecular flexibility index (Phi) is 4.61. The SMILES string of the molecule is NNC(=O)C1=CC(c2cccc3c2Nc2ccccc2S3)=NN(C(=O)NN)N1. The molecule has 0 radical (unpaired) electrons. The van der Waals surface area contributed by atoms with E-state index in [-0.39, 0.29) is 5.70 Å². The standard InChI is InChI=1S/C17H16N8O2S/c18-21-16(26)12-8-11(23-25(24-12)17(27)22-19)9-4-3-7-14-15(9)20-10-5-1-2-6-13(10)28-14/h1-8,20,24H,18-19H2,(H,21,26)(H,22,27). The molecule has 3 amide bonds. The molecule has 0 saturated heterocycles. The van der Waals surface area contributed by atoms with Crippen molar-refractivity contribution in [1.82, 2.24) is 21.4 Å². The van der Waals surface area contributed by atoms with Crippen LogP contribution in [-0.4, -0.2) is 22.8 Å². The van der Waals surface area contributed by atoms with Crippen LogP contribution in [0.1, 0.15) is 5.56 Å². The Morgan fingerprint density at radius 2 is 1.82 bits per heavy atom. The minimum absolute atomic E-state index is 0.0394. The van der Waals surface area contributed by atoms with E-state index in [1.54, 1.807) is 11.8 Å². The molecule has 142 valence electrons. The molecule has 0 atom stereocenters. The van der Waals surface area contributed by atoms with E-state index in [4.69, 9.17) is 11.7 Å². The smallest absolute Gasteiger partial charge is 0.353 e. The van der Waals surface area contributed by atoms with Gasteiger partial charge in [0.15, 0.2) is 0 Å². The number of hydrogen-bond donors (Lipinski definition) is 6. The summed E-state index contributed by atoms with van der Waals surface area (Å²) >= 11 is 1.62. The topological polar surface area (TPSA) is 150 Å². The van der Waals surface area contributed by atoms with Gasteiger partial charge >= 0.3 is 6.03 Å². The number of carbonyl (C=O) groups excluding carboxylic acids is 2. The van der Waals surface area contributed by atoms with Crippen LogP contribution >= 0.6 is 11.8 Å². The summed E-state index contributed by atoms with van der Waals surface area (Å²) in [4.78, 5) is 26.1. The van der Waals surface area contributed by atoms with E-state index in [0.29, 0.717) is 11.3 Å². The van der Waals surface area contributed by atoms with Gasteiger partial charge in [0.2, 0.25) is 0 Å². The Morgan fingerprint density at radius 1 is 1.04 bits per heavy atom. The number of allylic oxidation sites excluding steroid dienone is 1. The molecule has 2 aliphatic rings. The van der Waals surface area contributed by atoms with Crippen molar-refractivity contribution < 1.29 is 9.59 Å². The molecule has 0 spiro atoms. The van der Waals surface area contributed by atoms with E-state index in [2.05, 4.69) is 15.8 Å². The Bertz CT molecular complexity index is 1040. The molecule has 2 aromatic carbocycles. The van der Waals surface area contributed by atoms with Gasteiger partial charge in [-0.1, -0.05) is 36.0 Å². The van der Waals surface area contributed by atoms with E-state index < -0.39 is 11.9 Å². The van der Waals surface area contributed by atoms with E-state index in [1.807, 2.05) is 53.3 Å². The quantitative estimate of drug-likeness (QED) is 0.214. The normalized spacial score (nSPS) is 14.4. The van der Waals surface area contributed by atoms with Crippen LogP contribution < -0.4 is 33.3 Å². The van der Waals surface area contributed by atoms with Crippen molar-refractivity contribution in [3.8, 4) is 0 Å². The third-order valence-corrected chi connectivity index (χ3v) is 5.21. The Hall–Kier alpha value is -3.54. The molecule has 0 bridgehead atoms. The monoisotopic (exact) mass is 396 g/mol. The fourth-order valence-corrected chi connectivity index (χ4v) is 3.82. The molecule has 0 aliphatic carbocycles. The van der Waals surface area contributed by atoms with Crippen LogP contribution in [-0.2, 0) is 4.79 Å². The highest BCUT2D eigenvalue weighted by Crippen LogP contribution is 2.45. The lowest BCUT2D eigenvalue weighted by Crippen LogP contribution is -2.51. The second-order valence-corrected chi connectivity index (χ2v) is 6.88. The second kappa shape index (κ2) is 7.23. The third kappa shape index (κ3) is 3.13. The number of hydrogen-bond acceptors (Lipinski definition) is 8. The first-order chi connectivity index (χ1) is 13.6. The number of anilines is 2. The fourth-order valence-electron chi connectivity index (χ4n) is 2.80. The summed E-state index contributed by atoms with van der Waals surface area (Å²) < 4.78 is 0. The molecule has 8 N–H and O–H groups in total. The molecule has 2 heterocycles. The lowest BCUT2D eigenvalue weighted by molar-refractivity contribution is -0.118. The highest BCUT2D eigenvalue weighted by atomic mass is 32.2. The van der Waals surface area contributed by atoms with Crippen LogP contribution in [0, 0.1) is 0 Å². The molecular formula is C17H16N8O2S. The van der Waals surface area contributed by atoms with E-state index in [0.717, 1.165) is 26.3 Å². The van der Waals surface area contributed by atoms with Crippen LogP contribution in [0.3, 0.4) is 0 Å². The largest absolute Gasteiger partial charge is 0.371 e. The number of para-hydroxylation sites is 2. The molecule has 0 aromatic heterocycles. The summed E-state index contributed by atoms with van der Waals surface area (Å²) in [6, 6.07) is 12.9. The zero-order valence-electron chi connectivity index (χ0n) is 14.4. The highest BCUT2D eigenvalue weighted by Gasteiger charge is 2.26. The number of carbonyl (C=O) groups is 2. The van der Waals surface area contributed by atoms with Gasteiger partial charge in [-0.05, 0) is 24.3 Å². The van der Waals surface area contributed by atoms with Crippen molar-refractivity contribution in [2.45, 2.75) is 9.79 Å². The van der Waals surface area contributed by atoms with E-state index >= 15 is 0 Å². The molecule has 0 fully saturated rings. The van der Waals surface area contributed by atoms with Crippen LogP contribution in [0.15, 0.2) is 69.1 Å². The summed E-state index contributed by atoms with van der Waals surface area (Å²) in [5.74, 6) is 9.81. The van der Waals surface area contributed by atoms with Crippen LogP contribution in [0.2, 0.25) is 0 Å². The number of amides is 3. The van der Waals surface area contributed by atoms with Crippen molar-refractivity contribution in [1.29, 1.82) is 0 Å². The van der Waals surface area contributed by atoms with Crippen molar-refractivity contribution >= 4 is 40.8 Å². The lowest BCUT2D eigenvalue weighted by atomic mass is 10.1. The molecule has 2 aliphatic heterocycles. The molecule has 4 rings (SSSR count). The van der Waals surface area contributed by atoms with Crippen molar-refractivity contribution in [2.24, 2.45) is 16.8 Å². The summed E-state index contributed by atoms with van der Waals surface area (Å²) in [5.41, 5.74) is 9.45. The summed E-state index contributed by atoms with van der Waals surface area (Å²) in [5, 5.41) is 8.49. The number of hydrazine groups is 3. The molecule has 11 heteroatoms. The first kappa shape index (κ1) is 17.9. The van der Waals surface area contributed by atoms with Crippen LogP contribution in [0.4, 0.5) is 16.2 Å². The second-order valence-electron chi connectivity index (χ2n) is 5.79. The van der Waals surface area contributed by atoms with Gasteiger partial charge in [-0.2, -0.15) is 0 Å². The number of nitrogens with one attached hydrogen (secondary N) is 4. The van der Waals surface area contributed by atoms with Gasteiger partial charge in [0.05, 0.1) is 17.1 Å². The minimum atomic E-state index is -0.745. The highest BCUT2D eigenvalue weighted by molar-refractivity contribution is 7.99. The van der Waals surface area contributed by atoms with E-state index in [9.17, 15) is 9.59 Å². The van der Waals surface area contributed by atoms with Crippen molar-refractivity contribution in [2.75, 3.05) is 5.32 Å². The maximum Gasteiger partial charge on any atom is 0.371 e. The number of nitrogens with two attached hydrogens (primary N) is 2. The molecule has 0 saturated carbocycles. The van der Waals surface area contributed by atoms with Gasteiger partial charge in [-0.25, -0.2) is 16.5 Å². The molecule has 28 heavy (non-hydrogen) atoms. The Morgan fingerprint density at radius 3 is 2.61 bits per heavy atom. The Labute approximate surface area is 163 Å². The summed E-state index contributed by atoms with van der Waals surface area (Å²) in [6.07, 6.45) is 1.50. The maximum atomic E-state index is 12.0. The number of urea groups is 1. The summed E-state index contributed by atoms with van der Waals surface area (Å²) in [6.45, 7) is 0. The van der Waals surface area contributed by atoms with Gasteiger partial charge in [0, 0.05) is 15.4 Å². The maximum absolute atomic E-state index is 12.0. The summed E-state index contributed by atoms with van der Waals surface area (Å²) in [7, 11) is 0. The van der Waals surface area contributed by atoms with Gasteiger partial charge in [-0.3, -0.25) is 21.1 Å². The number of benzene rings is 2. The Balaban J connectivity index is 1.80. The first-order valence-corrected chi connectivity index (χ1v) is 8.98. The molecule has 0 unspecified atom stereocenters. The average Bonchev–Trinajstić information content (AvgIpc) is 2.75. The van der Waals surface area contributed by atoms with Gasteiger partial charge in [0.25, 0.3) is 5.91 Å². The van der Waals surface area contributed by atoms with Crippen LogP contribution in [0.25, 0.3) is 0 Å². The number of fused-ring (bicyclic) bond motifs is 2. The van der Waals surface area contributed by atoms with Gasteiger partial charge < -0.3 is 5.32 Å². The molecular weight excluding hydrogens is 380 g/mol. The number of hydrazone groups is 1. The fraction of sp³-hybridized carbons (Fsp3) is 0. The van der Waals surface area contributed by atoms with E-state index in [1.165, 1.54) is 6.08 Å². The first-order valence-electron chi connectivity index (χ1n) is 8.16. The van der Waals surface area contributed by atoms with Gasteiger partial charge in [0.1, 0.15) is 5.70 Å². The van der Waals surface area contributed by atoms with Crippen molar-refractivity contribution in [3.63, 3.8) is 0 Å². The van der Waals surface area contributed by atoms with Crippen LogP contribution in [0.5, 0.6) is 0 Å². The zero-order chi connectivity index (χ0) is 19.7. The van der Waals surface area contributed by atoms with Crippen molar-refractivity contribution in [3.05, 3.63) is 59.8 Å². The minimum Gasteiger partial charge on any atom is -0.353 e.